The summed E-state index contributed by atoms with van der Waals surface area (Å²) in [6, 6.07) is 2.60. The van der Waals surface area contributed by atoms with Gasteiger partial charge in [0, 0.05) is 32.4 Å². The molecule has 0 bridgehead atoms. The number of hydrogen-bond acceptors (Lipinski definition) is 6. The number of rotatable bonds is 3. The molecule has 146 valence electrons. The lowest BCUT2D eigenvalue weighted by Gasteiger charge is -2.36. The average Bonchev–Trinajstić information content (AvgIpc) is 3.37. The molecule has 3 aliphatic heterocycles. The molecule has 2 fully saturated rings. The van der Waals surface area contributed by atoms with Crippen molar-refractivity contribution >= 4 is 11.8 Å². The van der Waals surface area contributed by atoms with Crippen LogP contribution in [0.4, 0.5) is 0 Å². The third kappa shape index (κ3) is 3.15. The summed E-state index contributed by atoms with van der Waals surface area (Å²) in [6.45, 7) is 3.48. The van der Waals surface area contributed by atoms with Crippen LogP contribution in [0.5, 0.6) is 0 Å². The van der Waals surface area contributed by atoms with Crippen molar-refractivity contribution < 1.29 is 4.74 Å². The zero-order valence-corrected chi connectivity index (χ0v) is 16.5. The monoisotopic (exact) mass is 390 g/mol. The molecule has 2 aromatic rings. The number of aryl methyl sites for hydroxylation is 1. The van der Waals surface area contributed by atoms with Gasteiger partial charge in [0.05, 0.1) is 18.8 Å². The molecule has 1 unspecified atom stereocenters. The van der Waals surface area contributed by atoms with Crippen LogP contribution in [0.2, 0.25) is 0 Å². The number of thioether (sulfide) groups is 1. The molecule has 27 heavy (non-hydrogen) atoms. The van der Waals surface area contributed by atoms with E-state index in [9.17, 15) is 4.79 Å². The van der Waals surface area contributed by atoms with Gasteiger partial charge < -0.3 is 4.74 Å². The van der Waals surface area contributed by atoms with Crippen molar-refractivity contribution in [2.75, 3.05) is 24.6 Å². The number of fused-ring (bicyclic) bond motifs is 1. The largest absolute Gasteiger partial charge is 0.364 e. The third-order valence-corrected chi connectivity index (χ3v) is 7.29. The molecule has 0 aromatic carbocycles. The topological polar surface area (TPSA) is 70.1 Å². The molecule has 5 heterocycles. The van der Waals surface area contributed by atoms with Crippen LogP contribution in [0.3, 0.4) is 0 Å². The maximum absolute atomic E-state index is 12.9. The molecular formula is C18H26N6O2S. The Kier molecular flexibility index (Phi) is 4.40. The molecule has 1 atom stereocenters. The Bertz CT molecular complexity index is 883. The van der Waals surface area contributed by atoms with Gasteiger partial charge in [-0.1, -0.05) is 0 Å². The van der Waals surface area contributed by atoms with Crippen molar-refractivity contribution in [2.24, 2.45) is 7.05 Å². The fourth-order valence-corrected chi connectivity index (χ4v) is 5.68. The van der Waals surface area contributed by atoms with Crippen LogP contribution >= 0.6 is 11.8 Å². The van der Waals surface area contributed by atoms with Gasteiger partial charge in [-0.25, -0.2) is 9.48 Å². The molecule has 0 amide bonds. The van der Waals surface area contributed by atoms with Crippen LogP contribution in [-0.4, -0.2) is 65.3 Å². The van der Waals surface area contributed by atoms with Crippen molar-refractivity contribution in [1.29, 1.82) is 0 Å². The Morgan fingerprint density at radius 3 is 2.96 bits per heavy atom. The quantitative estimate of drug-likeness (QED) is 0.768. The molecule has 9 heteroatoms. The Morgan fingerprint density at radius 2 is 2.19 bits per heavy atom. The van der Waals surface area contributed by atoms with Crippen LogP contribution in [0.25, 0.3) is 0 Å². The van der Waals surface area contributed by atoms with Gasteiger partial charge in [-0.05, 0) is 36.8 Å². The van der Waals surface area contributed by atoms with E-state index in [1.165, 1.54) is 24.3 Å². The van der Waals surface area contributed by atoms with Crippen molar-refractivity contribution in [2.45, 2.75) is 50.6 Å². The molecule has 0 N–H and O–H groups in total. The standard InChI is InChI=1S/C18H26N6O2S/c1-21-15(2-6-19-21)10-24-17(25)23-13-18(26-11-16(23)20-24)5-7-22(12-18)14-3-8-27-9-4-14/h2,6,14H,3-5,7-13H2,1H3. The fourth-order valence-electron chi connectivity index (χ4n) is 4.60. The van der Waals surface area contributed by atoms with E-state index in [-0.39, 0.29) is 11.3 Å². The van der Waals surface area contributed by atoms with Crippen LogP contribution in [-0.2, 0) is 31.5 Å². The van der Waals surface area contributed by atoms with Crippen molar-refractivity contribution in [1.82, 2.24) is 29.0 Å². The predicted molar refractivity (Wildman–Crippen MR) is 103 cm³/mol. The van der Waals surface area contributed by atoms with Crippen LogP contribution < -0.4 is 5.69 Å². The number of hydrogen-bond donors (Lipinski definition) is 0. The summed E-state index contributed by atoms with van der Waals surface area (Å²) in [5, 5.41) is 8.68. The van der Waals surface area contributed by atoms with E-state index < -0.39 is 0 Å². The second-order valence-corrected chi connectivity index (χ2v) is 9.15. The van der Waals surface area contributed by atoms with Crippen LogP contribution in [0.15, 0.2) is 17.1 Å². The third-order valence-electron chi connectivity index (χ3n) is 6.24. The summed E-state index contributed by atoms with van der Waals surface area (Å²) in [4.78, 5) is 15.5. The Hall–Kier alpha value is -1.58. The van der Waals surface area contributed by atoms with Crippen molar-refractivity contribution in [3.05, 3.63) is 34.3 Å². The van der Waals surface area contributed by atoms with Crippen molar-refractivity contribution in [3.63, 3.8) is 0 Å². The lowest BCUT2D eigenvalue weighted by molar-refractivity contribution is -0.0847. The zero-order chi connectivity index (χ0) is 18.4. The first-order chi connectivity index (χ1) is 13.1. The maximum atomic E-state index is 12.9. The summed E-state index contributed by atoms with van der Waals surface area (Å²) in [6.07, 6.45) is 5.28. The SMILES string of the molecule is Cn1nccc1Cn1nc2n(c1=O)CC1(CCN(C3CCSCC3)C1)OC2. The number of nitrogens with zero attached hydrogens (tertiary/aromatic N) is 6. The second-order valence-electron chi connectivity index (χ2n) is 7.92. The highest BCUT2D eigenvalue weighted by Gasteiger charge is 2.45. The van der Waals surface area contributed by atoms with Gasteiger partial charge in [0.15, 0.2) is 5.82 Å². The fraction of sp³-hybridized carbons (Fsp3) is 0.722. The van der Waals surface area contributed by atoms with E-state index >= 15 is 0 Å². The van der Waals surface area contributed by atoms with Crippen molar-refractivity contribution in [3.8, 4) is 0 Å². The first kappa shape index (κ1) is 17.5. The summed E-state index contributed by atoms with van der Waals surface area (Å²) in [5.74, 6) is 3.26. The predicted octanol–water partition coefficient (Wildman–Crippen LogP) is 0.697. The normalized spacial score (nSPS) is 26.7. The summed E-state index contributed by atoms with van der Waals surface area (Å²) < 4.78 is 11.5. The Labute approximate surface area is 162 Å². The van der Waals surface area contributed by atoms with Crippen LogP contribution in [0.1, 0.15) is 30.8 Å². The minimum atomic E-state index is -0.234. The first-order valence-corrected chi connectivity index (χ1v) is 10.9. The molecule has 3 aliphatic rings. The second kappa shape index (κ2) is 6.79. The summed E-state index contributed by atoms with van der Waals surface area (Å²) in [5.41, 5.74) is 0.689. The highest BCUT2D eigenvalue weighted by Crippen LogP contribution is 2.34. The van der Waals surface area contributed by atoms with Gasteiger partial charge in [-0.2, -0.15) is 22.0 Å². The van der Waals surface area contributed by atoms with E-state index in [4.69, 9.17) is 4.74 Å². The lowest BCUT2D eigenvalue weighted by Crippen LogP contribution is -2.48. The first-order valence-electron chi connectivity index (χ1n) is 9.73. The molecule has 5 rings (SSSR count). The maximum Gasteiger partial charge on any atom is 0.346 e. The minimum absolute atomic E-state index is 0.0404. The van der Waals surface area contributed by atoms with Gasteiger partial charge in [0.1, 0.15) is 12.2 Å². The van der Waals surface area contributed by atoms with E-state index in [1.54, 1.807) is 15.6 Å². The van der Waals surface area contributed by atoms with Gasteiger partial charge >= 0.3 is 5.69 Å². The van der Waals surface area contributed by atoms with Crippen LogP contribution in [0, 0.1) is 0 Å². The van der Waals surface area contributed by atoms with Gasteiger partial charge in [0.25, 0.3) is 0 Å². The Balaban J connectivity index is 1.34. The molecule has 0 saturated carbocycles. The van der Waals surface area contributed by atoms with E-state index in [0.29, 0.717) is 25.7 Å². The molecule has 8 nitrogen and oxygen atoms in total. The van der Waals surface area contributed by atoms with E-state index in [2.05, 4.69) is 26.9 Å². The average molecular weight is 391 g/mol. The lowest BCUT2D eigenvalue weighted by atomic mass is 10.0. The Morgan fingerprint density at radius 1 is 1.33 bits per heavy atom. The molecule has 1 spiro atoms. The highest BCUT2D eigenvalue weighted by atomic mass is 32.2. The van der Waals surface area contributed by atoms with E-state index in [0.717, 1.165) is 31.0 Å². The minimum Gasteiger partial charge on any atom is -0.364 e. The molecule has 0 radical (unpaired) electrons. The summed E-state index contributed by atoms with van der Waals surface area (Å²) in [7, 11) is 1.88. The molecule has 0 aliphatic carbocycles. The molecule has 2 aromatic heterocycles. The smallest absolute Gasteiger partial charge is 0.346 e. The molecule has 2 saturated heterocycles. The highest BCUT2D eigenvalue weighted by molar-refractivity contribution is 7.99. The molecular weight excluding hydrogens is 364 g/mol. The van der Waals surface area contributed by atoms with Gasteiger partial charge in [0.2, 0.25) is 0 Å². The zero-order valence-electron chi connectivity index (χ0n) is 15.7. The van der Waals surface area contributed by atoms with Gasteiger partial charge in [-0.3, -0.25) is 14.1 Å². The van der Waals surface area contributed by atoms with Gasteiger partial charge in [-0.15, -0.1) is 0 Å². The number of ether oxygens (including phenoxy) is 1. The summed E-state index contributed by atoms with van der Waals surface area (Å²) >= 11 is 2.06. The van der Waals surface area contributed by atoms with E-state index in [1.807, 2.05) is 17.7 Å². The number of likely N-dealkylation sites (tertiary alicyclic amines) is 1. The number of aromatic nitrogens is 5.